The molecule has 1 saturated heterocycles. The molecule has 0 aromatic heterocycles. The van der Waals surface area contributed by atoms with Gasteiger partial charge in [0.1, 0.15) is 18.1 Å². The molecule has 176 valence electrons. The number of aliphatic carboxylic acids is 1. The largest absolute Gasteiger partial charge is 0.480 e. The van der Waals surface area contributed by atoms with Crippen LogP contribution >= 0.6 is 0 Å². The smallest absolute Gasteiger partial charge is 0.328 e. The zero-order valence-electron chi connectivity index (χ0n) is 17.9. The van der Waals surface area contributed by atoms with E-state index in [2.05, 4.69) is 10.6 Å². The SMILES string of the molecule is CC(C)CC(N)C(=O)NC(CCC(N)=O)C(=O)N1CCCC1C(=O)NC(CO)C(=O)O. The lowest BCUT2D eigenvalue weighted by Crippen LogP contribution is -2.57. The van der Waals surface area contributed by atoms with Crippen LogP contribution in [0.15, 0.2) is 0 Å². The quantitative estimate of drug-likeness (QED) is 0.192. The molecule has 1 aliphatic rings. The molecule has 1 heterocycles. The van der Waals surface area contributed by atoms with Crippen molar-refractivity contribution in [3.63, 3.8) is 0 Å². The molecule has 1 fully saturated rings. The normalized spacial score (nSPS) is 18.9. The third-order valence-corrected chi connectivity index (χ3v) is 4.99. The first kappa shape index (κ1) is 26.3. The Balaban J connectivity index is 2.95. The molecule has 0 radical (unpaired) electrons. The van der Waals surface area contributed by atoms with Gasteiger partial charge in [-0.1, -0.05) is 13.8 Å². The lowest BCUT2D eigenvalue weighted by atomic mass is 10.0. The average Bonchev–Trinajstić information content (AvgIpc) is 3.17. The molecule has 0 saturated carbocycles. The first-order valence-corrected chi connectivity index (χ1v) is 10.3. The Kier molecular flexibility index (Phi) is 10.4. The minimum atomic E-state index is -1.50. The summed E-state index contributed by atoms with van der Waals surface area (Å²) in [5.41, 5.74) is 11.1. The zero-order valence-corrected chi connectivity index (χ0v) is 17.9. The summed E-state index contributed by atoms with van der Waals surface area (Å²) in [4.78, 5) is 61.6. The van der Waals surface area contributed by atoms with Gasteiger partial charge in [0.05, 0.1) is 12.6 Å². The summed E-state index contributed by atoms with van der Waals surface area (Å²) in [7, 11) is 0. The van der Waals surface area contributed by atoms with Gasteiger partial charge in [0.25, 0.3) is 0 Å². The van der Waals surface area contributed by atoms with Gasteiger partial charge in [-0.3, -0.25) is 19.2 Å². The van der Waals surface area contributed by atoms with E-state index in [0.717, 1.165) is 0 Å². The molecule has 4 unspecified atom stereocenters. The fraction of sp³-hybridized carbons (Fsp3) is 0.737. The van der Waals surface area contributed by atoms with Gasteiger partial charge in [-0.2, -0.15) is 0 Å². The van der Waals surface area contributed by atoms with Gasteiger partial charge >= 0.3 is 5.97 Å². The van der Waals surface area contributed by atoms with Gasteiger partial charge < -0.3 is 37.2 Å². The molecular weight excluding hydrogens is 410 g/mol. The number of aliphatic hydroxyl groups is 1. The highest BCUT2D eigenvalue weighted by Gasteiger charge is 2.39. The molecule has 8 N–H and O–H groups in total. The number of amides is 4. The number of carbonyl (C=O) groups excluding carboxylic acids is 4. The van der Waals surface area contributed by atoms with Gasteiger partial charge in [-0.15, -0.1) is 0 Å². The van der Waals surface area contributed by atoms with Crippen molar-refractivity contribution in [3.05, 3.63) is 0 Å². The average molecular weight is 444 g/mol. The maximum Gasteiger partial charge on any atom is 0.328 e. The van der Waals surface area contributed by atoms with E-state index in [4.69, 9.17) is 21.7 Å². The zero-order chi connectivity index (χ0) is 23.7. The van der Waals surface area contributed by atoms with Crippen LogP contribution in [0.4, 0.5) is 0 Å². The van der Waals surface area contributed by atoms with Crippen molar-refractivity contribution in [2.75, 3.05) is 13.2 Å². The monoisotopic (exact) mass is 443 g/mol. The maximum absolute atomic E-state index is 13.1. The standard InChI is InChI=1S/C19H33N5O7/c1-10(2)8-11(20)16(27)22-12(5-6-15(21)26)18(29)24-7-3-4-14(24)17(28)23-13(9-25)19(30)31/h10-14,25H,3-9,20H2,1-2H3,(H2,21,26)(H,22,27)(H,23,28)(H,30,31). The molecule has 0 aromatic rings. The fourth-order valence-corrected chi connectivity index (χ4v) is 3.39. The van der Waals surface area contributed by atoms with Gasteiger partial charge in [0, 0.05) is 13.0 Å². The third-order valence-electron chi connectivity index (χ3n) is 4.99. The Bertz CT molecular complexity index is 685. The summed E-state index contributed by atoms with van der Waals surface area (Å²) in [5.74, 6) is -3.76. The number of likely N-dealkylation sites (tertiary alicyclic amines) is 1. The lowest BCUT2D eigenvalue weighted by molar-refractivity contribution is -0.145. The van der Waals surface area contributed by atoms with Crippen molar-refractivity contribution in [3.8, 4) is 0 Å². The van der Waals surface area contributed by atoms with E-state index in [0.29, 0.717) is 19.3 Å². The van der Waals surface area contributed by atoms with Gasteiger partial charge in [-0.05, 0) is 31.6 Å². The van der Waals surface area contributed by atoms with Crippen LogP contribution in [0.3, 0.4) is 0 Å². The summed E-state index contributed by atoms with van der Waals surface area (Å²) in [5, 5.41) is 22.9. The van der Waals surface area contributed by atoms with E-state index in [1.807, 2.05) is 13.8 Å². The fourth-order valence-electron chi connectivity index (χ4n) is 3.39. The highest BCUT2D eigenvalue weighted by molar-refractivity contribution is 5.94. The van der Waals surface area contributed by atoms with E-state index in [1.54, 1.807) is 0 Å². The first-order valence-electron chi connectivity index (χ1n) is 10.3. The van der Waals surface area contributed by atoms with E-state index in [-0.39, 0.29) is 25.3 Å². The molecule has 4 amide bonds. The number of hydrogen-bond acceptors (Lipinski definition) is 7. The molecule has 12 nitrogen and oxygen atoms in total. The van der Waals surface area contributed by atoms with E-state index < -0.39 is 60.4 Å². The van der Waals surface area contributed by atoms with E-state index in [1.165, 1.54) is 4.90 Å². The van der Waals surface area contributed by atoms with Crippen molar-refractivity contribution < 1.29 is 34.2 Å². The van der Waals surface area contributed by atoms with Gasteiger partial charge in [0.2, 0.25) is 23.6 Å². The van der Waals surface area contributed by atoms with Gasteiger partial charge in [-0.25, -0.2) is 4.79 Å². The summed E-state index contributed by atoms with van der Waals surface area (Å²) in [6.07, 6.45) is 0.956. The molecule has 0 bridgehead atoms. The molecule has 0 spiro atoms. The Labute approximate surface area is 180 Å². The second-order valence-electron chi connectivity index (χ2n) is 8.07. The molecule has 12 heteroatoms. The Hall–Kier alpha value is -2.73. The number of carboxylic acid groups (broad SMARTS) is 1. The Morgan fingerprint density at radius 1 is 1.13 bits per heavy atom. The number of primary amides is 1. The molecule has 31 heavy (non-hydrogen) atoms. The number of aliphatic hydroxyl groups excluding tert-OH is 1. The summed E-state index contributed by atoms with van der Waals surface area (Å²) >= 11 is 0. The number of nitrogens with zero attached hydrogens (tertiary/aromatic N) is 1. The Morgan fingerprint density at radius 2 is 1.77 bits per heavy atom. The number of nitrogens with two attached hydrogens (primary N) is 2. The van der Waals surface area contributed by atoms with Crippen LogP contribution < -0.4 is 22.1 Å². The predicted molar refractivity (Wildman–Crippen MR) is 109 cm³/mol. The number of carboxylic acids is 1. The topological polar surface area (TPSA) is 205 Å². The summed E-state index contributed by atoms with van der Waals surface area (Å²) in [6.45, 7) is 3.21. The number of nitrogens with one attached hydrogen (secondary N) is 2. The number of carbonyl (C=O) groups is 5. The molecule has 1 aliphatic heterocycles. The predicted octanol–water partition coefficient (Wildman–Crippen LogP) is -2.34. The highest BCUT2D eigenvalue weighted by atomic mass is 16.4. The van der Waals surface area contributed by atoms with Crippen molar-refractivity contribution in [1.29, 1.82) is 0 Å². The summed E-state index contributed by atoms with van der Waals surface area (Å²) < 4.78 is 0. The third kappa shape index (κ3) is 8.13. The van der Waals surface area contributed by atoms with Crippen LogP contribution in [-0.4, -0.2) is 82.0 Å². The van der Waals surface area contributed by atoms with Crippen LogP contribution in [-0.2, 0) is 24.0 Å². The minimum Gasteiger partial charge on any atom is -0.480 e. The van der Waals surface area contributed by atoms with Crippen LogP contribution in [0.25, 0.3) is 0 Å². The van der Waals surface area contributed by atoms with Crippen LogP contribution in [0, 0.1) is 5.92 Å². The van der Waals surface area contributed by atoms with Crippen LogP contribution in [0.2, 0.25) is 0 Å². The molecule has 0 aromatic carbocycles. The van der Waals surface area contributed by atoms with E-state index in [9.17, 15) is 24.0 Å². The molecule has 4 atom stereocenters. The van der Waals surface area contributed by atoms with Crippen molar-refractivity contribution in [1.82, 2.24) is 15.5 Å². The molecule has 0 aliphatic carbocycles. The van der Waals surface area contributed by atoms with E-state index >= 15 is 0 Å². The van der Waals surface area contributed by atoms with Gasteiger partial charge in [0.15, 0.2) is 0 Å². The number of hydrogen-bond donors (Lipinski definition) is 6. The minimum absolute atomic E-state index is 0.0620. The number of rotatable bonds is 12. The van der Waals surface area contributed by atoms with Crippen molar-refractivity contribution in [2.45, 2.75) is 70.1 Å². The summed E-state index contributed by atoms with van der Waals surface area (Å²) in [6, 6.07) is -4.41. The second kappa shape index (κ2) is 12.2. The van der Waals surface area contributed by atoms with Crippen LogP contribution in [0.5, 0.6) is 0 Å². The van der Waals surface area contributed by atoms with Crippen LogP contribution in [0.1, 0.15) is 46.0 Å². The Morgan fingerprint density at radius 3 is 2.29 bits per heavy atom. The maximum atomic E-state index is 13.1. The van der Waals surface area contributed by atoms with Crippen molar-refractivity contribution >= 4 is 29.6 Å². The second-order valence-corrected chi connectivity index (χ2v) is 8.07. The lowest BCUT2D eigenvalue weighted by Gasteiger charge is -2.29. The highest BCUT2D eigenvalue weighted by Crippen LogP contribution is 2.20. The molecule has 1 rings (SSSR count). The van der Waals surface area contributed by atoms with Crippen molar-refractivity contribution in [2.24, 2.45) is 17.4 Å². The first-order chi connectivity index (χ1) is 14.5. The molecular formula is C19H33N5O7.